The van der Waals surface area contributed by atoms with E-state index >= 15 is 0 Å². The quantitative estimate of drug-likeness (QED) is 0.180. The fourth-order valence-electron chi connectivity index (χ4n) is 4.23. The monoisotopic (exact) mass is 352 g/mol. The number of rotatable bonds is 21. The zero-order valence-electron chi connectivity index (χ0n) is 18.4. The molecule has 25 heavy (non-hydrogen) atoms. The number of unbranched alkanes of at least 4 members (excludes halogenated alkanes) is 15. The molecule has 0 heterocycles. The maximum absolute atomic E-state index is 2.34. The molecule has 0 aliphatic heterocycles. The molecule has 0 heteroatoms. The van der Waals surface area contributed by atoms with Gasteiger partial charge in [-0.25, -0.2) is 0 Å². The summed E-state index contributed by atoms with van der Waals surface area (Å²) in [5.74, 6) is 1.03. The SMILES string of the molecule is CCCCCCCCCCCCCCCCCCC(CCC)CCC. The molecule has 0 aromatic heterocycles. The first-order valence-electron chi connectivity index (χ1n) is 12.3. The van der Waals surface area contributed by atoms with Crippen LogP contribution in [-0.4, -0.2) is 0 Å². The predicted molar refractivity (Wildman–Crippen MR) is 117 cm³/mol. The van der Waals surface area contributed by atoms with E-state index in [9.17, 15) is 0 Å². The van der Waals surface area contributed by atoms with E-state index in [0.29, 0.717) is 0 Å². The molecule has 0 aromatic rings. The Morgan fingerprint density at radius 1 is 0.320 bits per heavy atom. The Hall–Kier alpha value is 0. The first kappa shape index (κ1) is 25.0. The molecule has 0 saturated heterocycles. The van der Waals surface area contributed by atoms with Crippen molar-refractivity contribution in [1.82, 2.24) is 0 Å². The molecule has 0 fully saturated rings. The lowest BCUT2D eigenvalue weighted by Crippen LogP contribution is -1.99. The van der Waals surface area contributed by atoms with Gasteiger partial charge in [0.25, 0.3) is 0 Å². The topological polar surface area (TPSA) is 0 Å². The van der Waals surface area contributed by atoms with E-state index < -0.39 is 0 Å². The summed E-state index contributed by atoms with van der Waals surface area (Å²) in [5.41, 5.74) is 0. The highest BCUT2D eigenvalue weighted by Gasteiger charge is 2.05. The molecule has 0 aromatic carbocycles. The number of hydrogen-bond acceptors (Lipinski definition) is 0. The van der Waals surface area contributed by atoms with E-state index in [2.05, 4.69) is 20.8 Å². The fraction of sp³-hybridized carbons (Fsp3) is 1.00. The summed E-state index contributed by atoms with van der Waals surface area (Å²) in [6.45, 7) is 6.99. The Bertz CT molecular complexity index is 214. The molecule has 0 N–H and O–H groups in total. The highest BCUT2D eigenvalue weighted by Crippen LogP contribution is 2.21. The summed E-state index contributed by atoms with van der Waals surface area (Å²) in [5, 5.41) is 0. The molecule has 0 unspecified atom stereocenters. The zero-order chi connectivity index (χ0) is 18.4. The first-order chi connectivity index (χ1) is 12.3. The van der Waals surface area contributed by atoms with E-state index in [1.54, 1.807) is 0 Å². The van der Waals surface area contributed by atoms with Gasteiger partial charge in [0, 0.05) is 0 Å². The summed E-state index contributed by atoms with van der Waals surface area (Å²) >= 11 is 0. The second-order valence-electron chi connectivity index (χ2n) is 8.54. The van der Waals surface area contributed by atoms with Crippen molar-refractivity contribution in [1.29, 1.82) is 0 Å². The van der Waals surface area contributed by atoms with E-state index in [-0.39, 0.29) is 0 Å². The van der Waals surface area contributed by atoms with Crippen LogP contribution in [0.2, 0.25) is 0 Å². The molecule has 152 valence electrons. The molecule has 0 rings (SSSR count). The molecule has 0 saturated carbocycles. The average Bonchev–Trinajstić information content (AvgIpc) is 2.61. The van der Waals surface area contributed by atoms with Crippen LogP contribution in [0.1, 0.15) is 156 Å². The van der Waals surface area contributed by atoms with Crippen LogP contribution in [0, 0.1) is 5.92 Å². The van der Waals surface area contributed by atoms with E-state index in [1.807, 2.05) is 0 Å². The van der Waals surface area contributed by atoms with Gasteiger partial charge in [0.1, 0.15) is 0 Å². The van der Waals surface area contributed by atoms with E-state index in [4.69, 9.17) is 0 Å². The van der Waals surface area contributed by atoms with Gasteiger partial charge >= 0.3 is 0 Å². The molecule has 0 aliphatic carbocycles. The van der Waals surface area contributed by atoms with Gasteiger partial charge in [0.15, 0.2) is 0 Å². The molecular formula is C25H52. The van der Waals surface area contributed by atoms with Crippen molar-refractivity contribution in [2.45, 2.75) is 156 Å². The summed E-state index contributed by atoms with van der Waals surface area (Å²) < 4.78 is 0. The smallest absolute Gasteiger partial charge is 0.0414 e. The van der Waals surface area contributed by atoms with Gasteiger partial charge in [-0.2, -0.15) is 0 Å². The molecule has 0 atom stereocenters. The molecule has 0 spiro atoms. The molecular weight excluding hydrogens is 300 g/mol. The predicted octanol–water partition coefficient (Wildman–Crippen LogP) is 9.85. The highest BCUT2D eigenvalue weighted by atomic mass is 14.1. The van der Waals surface area contributed by atoms with Crippen LogP contribution in [0.4, 0.5) is 0 Å². The molecule has 0 amide bonds. The van der Waals surface area contributed by atoms with Crippen LogP contribution in [0.5, 0.6) is 0 Å². The highest BCUT2D eigenvalue weighted by molar-refractivity contribution is 4.59. The standard InChI is InChI=1S/C25H52/c1-4-7-8-9-10-11-12-13-14-15-16-17-18-19-20-21-24-25(22-5-2)23-6-3/h25H,4-24H2,1-3H3. The maximum atomic E-state index is 2.34. The minimum absolute atomic E-state index is 1.03. The Morgan fingerprint density at radius 3 is 0.960 bits per heavy atom. The van der Waals surface area contributed by atoms with Crippen molar-refractivity contribution in [3.63, 3.8) is 0 Å². The minimum Gasteiger partial charge on any atom is -0.0654 e. The third-order valence-corrected chi connectivity index (χ3v) is 5.86. The largest absolute Gasteiger partial charge is 0.0654 e. The lowest BCUT2D eigenvalue weighted by molar-refractivity contribution is 0.390. The van der Waals surface area contributed by atoms with Crippen molar-refractivity contribution in [2.24, 2.45) is 5.92 Å². The average molecular weight is 353 g/mol. The van der Waals surface area contributed by atoms with Crippen LogP contribution in [0.3, 0.4) is 0 Å². The van der Waals surface area contributed by atoms with Crippen molar-refractivity contribution in [3.05, 3.63) is 0 Å². The second-order valence-corrected chi connectivity index (χ2v) is 8.54. The van der Waals surface area contributed by atoms with Gasteiger partial charge in [-0.3, -0.25) is 0 Å². The van der Waals surface area contributed by atoms with Crippen molar-refractivity contribution in [3.8, 4) is 0 Å². The Kier molecular flexibility index (Phi) is 22.0. The molecule has 0 nitrogen and oxygen atoms in total. The maximum Gasteiger partial charge on any atom is -0.0414 e. The molecule has 0 bridgehead atoms. The Balaban J connectivity index is 3.13. The third kappa shape index (κ3) is 20.2. The van der Waals surface area contributed by atoms with Crippen LogP contribution in [0.15, 0.2) is 0 Å². The van der Waals surface area contributed by atoms with Crippen molar-refractivity contribution >= 4 is 0 Å². The lowest BCUT2D eigenvalue weighted by Gasteiger charge is -2.14. The van der Waals surface area contributed by atoms with Crippen LogP contribution in [0.25, 0.3) is 0 Å². The van der Waals surface area contributed by atoms with Gasteiger partial charge < -0.3 is 0 Å². The second kappa shape index (κ2) is 22.0. The molecule has 0 radical (unpaired) electrons. The lowest BCUT2D eigenvalue weighted by atomic mass is 9.92. The summed E-state index contributed by atoms with van der Waals surface area (Å²) in [4.78, 5) is 0. The van der Waals surface area contributed by atoms with Crippen LogP contribution >= 0.6 is 0 Å². The number of hydrogen-bond donors (Lipinski definition) is 0. The minimum atomic E-state index is 1.03. The third-order valence-electron chi connectivity index (χ3n) is 5.86. The summed E-state index contributed by atoms with van der Waals surface area (Å²) in [6, 6.07) is 0. The summed E-state index contributed by atoms with van der Waals surface area (Å²) in [7, 11) is 0. The molecule has 0 aliphatic rings. The van der Waals surface area contributed by atoms with Gasteiger partial charge in [0.2, 0.25) is 0 Å². The van der Waals surface area contributed by atoms with Crippen molar-refractivity contribution < 1.29 is 0 Å². The first-order valence-corrected chi connectivity index (χ1v) is 12.3. The van der Waals surface area contributed by atoms with E-state index in [1.165, 1.54) is 135 Å². The van der Waals surface area contributed by atoms with Crippen LogP contribution < -0.4 is 0 Å². The normalized spacial score (nSPS) is 11.5. The van der Waals surface area contributed by atoms with Gasteiger partial charge in [-0.1, -0.05) is 156 Å². The van der Waals surface area contributed by atoms with Crippen LogP contribution in [-0.2, 0) is 0 Å². The zero-order valence-corrected chi connectivity index (χ0v) is 18.4. The Labute approximate surface area is 161 Å². The van der Waals surface area contributed by atoms with E-state index in [0.717, 1.165) is 5.92 Å². The van der Waals surface area contributed by atoms with Gasteiger partial charge in [0.05, 0.1) is 0 Å². The van der Waals surface area contributed by atoms with Gasteiger partial charge in [-0.15, -0.1) is 0 Å². The Morgan fingerprint density at radius 2 is 0.640 bits per heavy atom. The van der Waals surface area contributed by atoms with Gasteiger partial charge in [-0.05, 0) is 5.92 Å². The summed E-state index contributed by atoms with van der Waals surface area (Å²) in [6.07, 6.45) is 30.8. The fourth-order valence-corrected chi connectivity index (χ4v) is 4.23. The van der Waals surface area contributed by atoms with Crippen molar-refractivity contribution in [2.75, 3.05) is 0 Å².